The molecule has 0 bridgehead atoms. The van der Waals surface area contributed by atoms with Crippen molar-refractivity contribution < 1.29 is 57.6 Å². The molecule has 0 saturated heterocycles. The highest BCUT2D eigenvalue weighted by Crippen LogP contribution is 2.49. The molecule has 0 spiro atoms. The number of pyridine rings is 1. The Bertz CT molecular complexity index is 1500. The van der Waals surface area contributed by atoms with Crippen molar-refractivity contribution in [3.63, 3.8) is 0 Å². The van der Waals surface area contributed by atoms with Crippen LogP contribution in [0.5, 0.6) is 0 Å². The Morgan fingerprint density at radius 3 is 2.16 bits per heavy atom. The maximum atomic E-state index is 14.3. The molecule has 1 aromatic heterocycles. The second-order valence-electron chi connectivity index (χ2n) is 14.0. The number of hydrogen-bond acceptors (Lipinski definition) is 13. The Morgan fingerprint density at radius 1 is 0.980 bits per heavy atom. The third kappa shape index (κ3) is 8.85. The van der Waals surface area contributed by atoms with Crippen LogP contribution in [0, 0.1) is 29.1 Å². The van der Waals surface area contributed by atoms with E-state index in [2.05, 4.69) is 11.6 Å². The highest BCUT2D eigenvalue weighted by molar-refractivity contribution is 5.92. The first-order valence-electron chi connectivity index (χ1n) is 16.7. The molecule has 9 atom stereocenters. The Morgan fingerprint density at radius 2 is 1.62 bits per heavy atom. The number of Topliss-reactive ketones (excluding diaryl/α,β-unsaturated/α-hetero) is 1. The summed E-state index contributed by atoms with van der Waals surface area (Å²) in [5.74, 6) is -8.33. The van der Waals surface area contributed by atoms with Crippen molar-refractivity contribution in [2.75, 3.05) is 0 Å². The topological polar surface area (TPSA) is 182 Å². The molecule has 2 aliphatic carbocycles. The molecule has 1 fully saturated rings. The molecule has 1 aromatic rings. The summed E-state index contributed by atoms with van der Waals surface area (Å²) in [6, 6.07) is 3.00. The first-order chi connectivity index (χ1) is 23.2. The third-order valence-corrected chi connectivity index (χ3v) is 9.14. The summed E-state index contributed by atoms with van der Waals surface area (Å²) in [4.78, 5) is 83.6. The van der Waals surface area contributed by atoms with E-state index in [0.29, 0.717) is 0 Å². The fourth-order valence-electron chi connectivity index (χ4n) is 6.57. The maximum absolute atomic E-state index is 14.3. The van der Waals surface area contributed by atoms with Gasteiger partial charge < -0.3 is 28.8 Å². The number of aromatic nitrogens is 1. The second kappa shape index (κ2) is 16.1. The van der Waals surface area contributed by atoms with Crippen molar-refractivity contribution in [3.8, 4) is 0 Å². The zero-order valence-electron chi connectivity index (χ0n) is 30.2. The fourth-order valence-corrected chi connectivity index (χ4v) is 6.57. The van der Waals surface area contributed by atoms with Crippen LogP contribution >= 0.6 is 0 Å². The van der Waals surface area contributed by atoms with Gasteiger partial charge in [0.05, 0.1) is 17.4 Å². The molecular weight excluding hydrogens is 650 g/mol. The summed E-state index contributed by atoms with van der Waals surface area (Å²) in [6.07, 6.45) is -1.86. The normalized spacial score (nSPS) is 31.7. The monoisotopic (exact) mass is 699 g/mol. The van der Waals surface area contributed by atoms with Gasteiger partial charge in [-0.25, -0.2) is 4.79 Å². The highest BCUT2D eigenvalue weighted by atomic mass is 16.6. The summed E-state index contributed by atoms with van der Waals surface area (Å²) < 4.78 is 29.5. The Labute approximate surface area is 292 Å². The lowest BCUT2D eigenvalue weighted by Gasteiger charge is -2.44. The van der Waals surface area contributed by atoms with Crippen LogP contribution in [0.25, 0.3) is 0 Å². The van der Waals surface area contributed by atoms with Crippen molar-refractivity contribution in [2.45, 2.75) is 111 Å². The summed E-state index contributed by atoms with van der Waals surface area (Å²) >= 11 is 0. The zero-order chi connectivity index (χ0) is 37.7. The van der Waals surface area contributed by atoms with Crippen molar-refractivity contribution in [3.05, 3.63) is 54.4 Å². The number of esters is 5. The molecule has 2 aliphatic rings. The molecule has 1 N–H and O–H groups in total. The summed E-state index contributed by atoms with van der Waals surface area (Å²) in [6.45, 7) is 17.7. The van der Waals surface area contributed by atoms with Gasteiger partial charge in [0.1, 0.15) is 17.8 Å². The molecule has 0 aromatic carbocycles. The van der Waals surface area contributed by atoms with Crippen LogP contribution in [-0.2, 0) is 47.7 Å². The van der Waals surface area contributed by atoms with Crippen molar-refractivity contribution in [2.24, 2.45) is 29.1 Å². The number of carbonyl (C=O) groups excluding carboxylic acids is 6. The molecule has 13 nitrogen and oxygen atoms in total. The van der Waals surface area contributed by atoms with Crippen LogP contribution in [-0.4, -0.2) is 81.8 Å². The average Bonchev–Trinajstić information content (AvgIpc) is 3.30. The van der Waals surface area contributed by atoms with Crippen LogP contribution in [0.1, 0.15) is 85.5 Å². The van der Waals surface area contributed by atoms with Gasteiger partial charge in [-0.3, -0.25) is 29.0 Å². The minimum atomic E-state index is -2.23. The summed E-state index contributed by atoms with van der Waals surface area (Å²) in [5.41, 5.74) is -3.63. The van der Waals surface area contributed by atoms with Crippen molar-refractivity contribution in [1.82, 2.24) is 4.98 Å². The molecule has 13 heteroatoms. The Balaban J connectivity index is 2.42. The number of rotatable bonds is 8. The van der Waals surface area contributed by atoms with Crippen LogP contribution < -0.4 is 0 Å². The van der Waals surface area contributed by atoms with E-state index in [1.807, 2.05) is 0 Å². The minimum Gasteiger partial charge on any atom is -0.461 e. The largest absolute Gasteiger partial charge is 0.461 e. The second-order valence-corrected chi connectivity index (χ2v) is 14.0. The average molecular weight is 700 g/mol. The van der Waals surface area contributed by atoms with E-state index in [1.54, 1.807) is 54.5 Å². The van der Waals surface area contributed by atoms with Gasteiger partial charge in [-0.2, -0.15) is 0 Å². The van der Waals surface area contributed by atoms with E-state index in [-0.39, 0.29) is 24.0 Å². The number of carbonyl (C=O) groups is 6. The molecule has 0 radical (unpaired) electrons. The van der Waals surface area contributed by atoms with Gasteiger partial charge in [0, 0.05) is 49.6 Å². The maximum Gasteiger partial charge on any atom is 0.340 e. The lowest BCUT2D eigenvalue weighted by atomic mass is 9.72. The number of fused-ring (bicyclic) bond motifs is 1. The Hall–Kier alpha value is -4.39. The predicted molar refractivity (Wildman–Crippen MR) is 178 cm³/mol. The van der Waals surface area contributed by atoms with E-state index >= 15 is 0 Å². The number of nitrogens with zero attached hydrogens (tertiary/aromatic N) is 1. The van der Waals surface area contributed by atoms with Crippen LogP contribution in [0.15, 0.2) is 48.8 Å². The highest BCUT2D eigenvalue weighted by Gasteiger charge is 2.63. The number of aliphatic hydroxyl groups is 1. The number of allylic oxidation sites excluding steroid dienone is 1. The Kier molecular flexibility index (Phi) is 12.9. The molecule has 3 rings (SSSR count). The van der Waals surface area contributed by atoms with Gasteiger partial charge in [-0.1, -0.05) is 67.2 Å². The molecule has 1 saturated carbocycles. The lowest BCUT2D eigenvalue weighted by Crippen LogP contribution is -2.58. The third-order valence-electron chi connectivity index (χ3n) is 9.14. The van der Waals surface area contributed by atoms with Gasteiger partial charge in [-0.05, 0) is 24.5 Å². The lowest BCUT2D eigenvalue weighted by molar-refractivity contribution is -0.186. The van der Waals surface area contributed by atoms with Crippen molar-refractivity contribution >= 4 is 35.6 Å². The van der Waals surface area contributed by atoms with Gasteiger partial charge in [-0.15, -0.1) is 0 Å². The van der Waals surface area contributed by atoms with E-state index in [4.69, 9.17) is 23.7 Å². The van der Waals surface area contributed by atoms with E-state index in [9.17, 15) is 33.9 Å². The van der Waals surface area contributed by atoms with Gasteiger partial charge in [0.25, 0.3) is 0 Å². The van der Waals surface area contributed by atoms with E-state index in [1.165, 1.54) is 30.6 Å². The van der Waals surface area contributed by atoms with Crippen molar-refractivity contribution in [1.29, 1.82) is 0 Å². The zero-order valence-corrected chi connectivity index (χ0v) is 30.2. The van der Waals surface area contributed by atoms with Gasteiger partial charge in [0.15, 0.2) is 24.1 Å². The van der Waals surface area contributed by atoms with Gasteiger partial charge in [0.2, 0.25) is 0 Å². The minimum absolute atomic E-state index is 0.0249. The van der Waals surface area contributed by atoms with Gasteiger partial charge >= 0.3 is 29.8 Å². The van der Waals surface area contributed by atoms with Crippen LogP contribution in [0.2, 0.25) is 0 Å². The first kappa shape index (κ1) is 40.0. The first-order valence-corrected chi connectivity index (χ1v) is 16.7. The van der Waals surface area contributed by atoms with Crippen LogP contribution in [0.4, 0.5) is 0 Å². The summed E-state index contributed by atoms with van der Waals surface area (Å²) in [5, 5.41) is 12.4. The molecule has 0 aliphatic heterocycles. The molecule has 50 heavy (non-hydrogen) atoms. The smallest absolute Gasteiger partial charge is 0.340 e. The molecule has 0 unspecified atom stereocenters. The van der Waals surface area contributed by atoms with Crippen LogP contribution in [0.3, 0.4) is 0 Å². The molecular formula is C37H49NO12. The number of hydrogen-bond donors (Lipinski definition) is 1. The molecule has 274 valence electrons. The molecule has 0 amide bonds. The standard InChI is InChI=1S/C37H49NO12/c1-11-26(41)48-28-21(5)17-37(45)27(28)29(46-23(7)39)22(6)30(49-34(43)19(2)3)31(47-24(8)40)33(36(9,10)15-14-20(4)32(37)42)50-35(44)25-13-12-16-38-18-25/h12-16,18-21,27-31,33,45H,6,11,17H2,1-5,7-10H3/b15-14+/t20-,21+,27-,28+,29+,30-,31-,33-,37-/m1/s1. The quantitative estimate of drug-likeness (QED) is 0.233. The number of ketones is 1. The van der Waals surface area contributed by atoms with E-state index < -0.39 is 101 Å². The SMILES string of the molecule is C=C1[C@@H](OC(=O)C(C)C)[C@@H](OC(C)=O)[C@@H](OC(=O)c2cccnc2)C(C)(C)/C=C/[C@@H](C)C(=O)[C@@]2(O)C[C@H](C)[C@H](OC(=O)CC)[C@@H]2[C@H]1OC(C)=O. The molecule has 1 heterocycles. The predicted octanol–water partition coefficient (Wildman–Crippen LogP) is 4.10. The van der Waals surface area contributed by atoms with E-state index in [0.717, 1.165) is 13.8 Å². The fraction of sp³-hybridized carbons (Fsp3) is 0.595. The summed E-state index contributed by atoms with van der Waals surface area (Å²) in [7, 11) is 0. The number of ether oxygens (including phenoxy) is 5.